The number of rotatable bonds is 5. The van der Waals surface area contributed by atoms with Crippen LogP contribution < -0.4 is 10.6 Å². The van der Waals surface area contributed by atoms with Crippen molar-refractivity contribution in [3.63, 3.8) is 0 Å². The second-order valence-electron chi connectivity index (χ2n) is 7.27. The number of benzene rings is 1. The highest BCUT2D eigenvalue weighted by atomic mass is 127. The monoisotopic (exact) mass is 565 g/mol. The second-order valence-corrected chi connectivity index (χ2v) is 7.27. The number of carbonyl (C=O) groups is 1. The molecular formula is C21H27F3IN5O2. The quantitative estimate of drug-likeness (QED) is 0.328. The highest BCUT2D eigenvalue weighted by molar-refractivity contribution is 14.0. The van der Waals surface area contributed by atoms with Crippen LogP contribution in [0.15, 0.2) is 52.1 Å². The maximum Gasteiger partial charge on any atom is 0.403 e. The highest BCUT2D eigenvalue weighted by Crippen LogP contribution is 2.25. The number of guanidine groups is 1. The first-order chi connectivity index (χ1) is 14.8. The SMILES string of the molecule is CN=C(NCc1ccc(NC(=O)c2ccco2)cc1)N1CCN(C(C)C(F)(F)F)CC1.I. The van der Waals surface area contributed by atoms with E-state index in [0.717, 1.165) is 5.56 Å². The minimum Gasteiger partial charge on any atom is -0.459 e. The molecule has 3 rings (SSSR count). The van der Waals surface area contributed by atoms with E-state index >= 15 is 0 Å². The molecule has 1 saturated heterocycles. The van der Waals surface area contributed by atoms with Crippen molar-refractivity contribution in [1.29, 1.82) is 0 Å². The standard InChI is InChI=1S/C21H26F3N5O2.HI/c1-15(21(22,23)24)28-9-11-29(12-10-28)20(25-2)26-14-16-5-7-17(8-6-16)27-19(30)18-4-3-13-31-18;/h3-8,13,15H,9-12,14H2,1-2H3,(H,25,26)(H,27,30);1H. The first-order valence-corrected chi connectivity index (χ1v) is 9.98. The molecule has 7 nitrogen and oxygen atoms in total. The van der Waals surface area contributed by atoms with Gasteiger partial charge < -0.3 is 20.0 Å². The molecule has 32 heavy (non-hydrogen) atoms. The van der Waals surface area contributed by atoms with Crippen LogP contribution in [0.4, 0.5) is 18.9 Å². The predicted octanol–water partition coefficient (Wildman–Crippen LogP) is 3.79. The van der Waals surface area contributed by atoms with Crippen LogP contribution in [-0.2, 0) is 6.54 Å². The lowest BCUT2D eigenvalue weighted by Gasteiger charge is -2.39. The highest BCUT2D eigenvalue weighted by Gasteiger charge is 2.41. The van der Waals surface area contributed by atoms with Crippen molar-refractivity contribution in [3.8, 4) is 0 Å². The lowest BCUT2D eigenvalue weighted by atomic mass is 10.2. The zero-order valence-electron chi connectivity index (χ0n) is 17.9. The normalized spacial score (nSPS) is 16.3. The molecule has 0 spiro atoms. The van der Waals surface area contributed by atoms with Crippen LogP contribution in [0.2, 0.25) is 0 Å². The van der Waals surface area contributed by atoms with E-state index in [1.165, 1.54) is 18.1 Å². The van der Waals surface area contributed by atoms with E-state index in [4.69, 9.17) is 4.42 Å². The van der Waals surface area contributed by atoms with E-state index < -0.39 is 12.2 Å². The Morgan fingerprint density at radius 2 is 1.81 bits per heavy atom. The molecule has 1 amide bonds. The fourth-order valence-corrected chi connectivity index (χ4v) is 3.35. The number of furan rings is 1. The van der Waals surface area contributed by atoms with Gasteiger partial charge in [-0.3, -0.25) is 14.7 Å². The Balaban J connectivity index is 0.00000363. The van der Waals surface area contributed by atoms with Gasteiger partial charge in [0.05, 0.1) is 6.26 Å². The molecule has 1 aliphatic heterocycles. The van der Waals surface area contributed by atoms with Gasteiger partial charge in [0.15, 0.2) is 11.7 Å². The van der Waals surface area contributed by atoms with Gasteiger partial charge in [-0.1, -0.05) is 12.1 Å². The topological polar surface area (TPSA) is 73.1 Å². The molecule has 0 aliphatic carbocycles. The summed E-state index contributed by atoms with van der Waals surface area (Å²) in [5, 5.41) is 6.00. The first kappa shape index (κ1) is 26.0. The molecule has 11 heteroatoms. The zero-order valence-corrected chi connectivity index (χ0v) is 20.2. The lowest BCUT2D eigenvalue weighted by molar-refractivity contribution is -0.181. The summed E-state index contributed by atoms with van der Waals surface area (Å²) in [4.78, 5) is 19.7. The number of anilines is 1. The Kier molecular flexibility index (Phi) is 9.37. The Morgan fingerprint density at radius 3 is 2.34 bits per heavy atom. The van der Waals surface area contributed by atoms with Crippen molar-refractivity contribution in [3.05, 3.63) is 54.0 Å². The van der Waals surface area contributed by atoms with Gasteiger partial charge in [-0.2, -0.15) is 13.2 Å². The Bertz CT molecular complexity index is 880. The average Bonchev–Trinajstić information content (AvgIpc) is 3.30. The van der Waals surface area contributed by atoms with Crippen LogP contribution in [0.3, 0.4) is 0 Å². The maximum absolute atomic E-state index is 12.9. The summed E-state index contributed by atoms with van der Waals surface area (Å²) < 4.78 is 43.8. The second kappa shape index (κ2) is 11.5. The van der Waals surface area contributed by atoms with Crippen molar-refractivity contribution in [2.45, 2.75) is 25.7 Å². The Hall–Kier alpha value is -2.28. The fourth-order valence-electron chi connectivity index (χ4n) is 3.35. The van der Waals surface area contributed by atoms with Gasteiger partial charge in [0.2, 0.25) is 0 Å². The summed E-state index contributed by atoms with van der Waals surface area (Å²) in [7, 11) is 1.65. The number of amides is 1. The summed E-state index contributed by atoms with van der Waals surface area (Å²) in [5.74, 6) is 0.559. The van der Waals surface area contributed by atoms with Crippen molar-refractivity contribution in [2.24, 2.45) is 4.99 Å². The van der Waals surface area contributed by atoms with E-state index in [1.807, 2.05) is 17.0 Å². The van der Waals surface area contributed by atoms with Gasteiger partial charge in [0.1, 0.15) is 6.04 Å². The third-order valence-electron chi connectivity index (χ3n) is 5.25. The molecule has 2 N–H and O–H groups in total. The third-order valence-corrected chi connectivity index (χ3v) is 5.25. The molecule has 1 atom stereocenters. The zero-order chi connectivity index (χ0) is 22.4. The van der Waals surface area contributed by atoms with Crippen molar-refractivity contribution < 1.29 is 22.4 Å². The third kappa shape index (κ3) is 6.86. The summed E-state index contributed by atoms with van der Waals surface area (Å²) in [6, 6.07) is 9.12. The van der Waals surface area contributed by atoms with Crippen LogP contribution >= 0.6 is 24.0 Å². The number of nitrogens with one attached hydrogen (secondary N) is 2. The largest absolute Gasteiger partial charge is 0.459 e. The van der Waals surface area contributed by atoms with Crippen LogP contribution in [0.1, 0.15) is 23.0 Å². The number of nitrogens with zero attached hydrogens (tertiary/aromatic N) is 3. The summed E-state index contributed by atoms with van der Waals surface area (Å²) in [6.07, 6.45) is -2.78. The summed E-state index contributed by atoms with van der Waals surface area (Å²) in [5.41, 5.74) is 1.62. The van der Waals surface area contributed by atoms with Crippen LogP contribution in [-0.4, -0.2) is 67.1 Å². The number of carbonyl (C=O) groups excluding carboxylic acids is 1. The van der Waals surface area contributed by atoms with E-state index in [2.05, 4.69) is 15.6 Å². The molecule has 176 valence electrons. The molecule has 1 aromatic carbocycles. The van der Waals surface area contributed by atoms with E-state index in [0.29, 0.717) is 44.4 Å². The molecule has 0 bridgehead atoms. The Morgan fingerprint density at radius 1 is 1.16 bits per heavy atom. The number of hydrogen-bond donors (Lipinski definition) is 2. The number of aliphatic imine (C=N–C) groups is 1. The van der Waals surface area contributed by atoms with Gasteiger partial charge in [-0.05, 0) is 36.8 Å². The Labute approximate surface area is 202 Å². The summed E-state index contributed by atoms with van der Waals surface area (Å²) >= 11 is 0. The number of halogens is 4. The van der Waals surface area contributed by atoms with Crippen molar-refractivity contribution in [1.82, 2.24) is 15.1 Å². The molecule has 1 aliphatic rings. The molecule has 2 aromatic rings. The van der Waals surface area contributed by atoms with Crippen molar-refractivity contribution >= 4 is 41.5 Å². The number of hydrogen-bond acceptors (Lipinski definition) is 4. The molecular weight excluding hydrogens is 538 g/mol. The van der Waals surface area contributed by atoms with E-state index in [-0.39, 0.29) is 35.6 Å². The predicted molar refractivity (Wildman–Crippen MR) is 127 cm³/mol. The molecule has 1 unspecified atom stereocenters. The first-order valence-electron chi connectivity index (χ1n) is 9.98. The minimum atomic E-state index is -4.22. The van der Waals surface area contributed by atoms with Gasteiger partial charge >= 0.3 is 6.18 Å². The lowest BCUT2D eigenvalue weighted by Crippen LogP contribution is -2.56. The average molecular weight is 565 g/mol. The van der Waals surface area contributed by atoms with Gasteiger partial charge in [0.25, 0.3) is 5.91 Å². The molecule has 0 radical (unpaired) electrons. The number of piperazine rings is 1. The minimum absolute atomic E-state index is 0. The number of alkyl halides is 3. The van der Waals surface area contributed by atoms with E-state index in [1.54, 1.807) is 31.3 Å². The van der Waals surface area contributed by atoms with Crippen LogP contribution in [0, 0.1) is 0 Å². The maximum atomic E-state index is 12.9. The van der Waals surface area contributed by atoms with Gasteiger partial charge in [-0.15, -0.1) is 24.0 Å². The molecule has 2 heterocycles. The molecule has 1 fully saturated rings. The fraction of sp³-hybridized carbons (Fsp3) is 0.429. The van der Waals surface area contributed by atoms with Gasteiger partial charge in [0, 0.05) is 45.5 Å². The molecule has 1 aromatic heterocycles. The van der Waals surface area contributed by atoms with Crippen LogP contribution in [0.25, 0.3) is 0 Å². The van der Waals surface area contributed by atoms with Crippen LogP contribution in [0.5, 0.6) is 0 Å². The molecule has 0 saturated carbocycles. The van der Waals surface area contributed by atoms with Gasteiger partial charge in [-0.25, -0.2) is 0 Å². The summed E-state index contributed by atoms with van der Waals surface area (Å²) in [6.45, 7) is 3.29. The van der Waals surface area contributed by atoms with E-state index in [9.17, 15) is 18.0 Å². The van der Waals surface area contributed by atoms with Crippen molar-refractivity contribution in [2.75, 3.05) is 38.5 Å². The smallest absolute Gasteiger partial charge is 0.403 e.